The fraction of sp³-hybridized carbons (Fsp3) is 0.727. The van der Waals surface area contributed by atoms with Gasteiger partial charge in [0.2, 0.25) is 0 Å². The SMILES string of the molecule is CC/C=C/CC(=O)OC(CC)CC. The summed E-state index contributed by atoms with van der Waals surface area (Å²) in [5, 5.41) is 0. The first-order valence-corrected chi connectivity index (χ1v) is 5.09. The average molecular weight is 184 g/mol. The van der Waals surface area contributed by atoms with Crippen molar-refractivity contribution in [2.45, 2.75) is 52.6 Å². The topological polar surface area (TPSA) is 26.3 Å². The lowest BCUT2D eigenvalue weighted by Crippen LogP contribution is -2.15. The van der Waals surface area contributed by atoms with Crippen LogP contribution in [0.4, 0.5) is 0 Å². The van der Waals surface area contributed by atoms with Gasteiger partial charge in [-0.3, -0.25) is 4.79 Å². The van der Waals surface area contributed by atoms with E-state index >= 15 is 0 Å². The van der Waals surface area contributed by atoms with Gasteiger partial charge in [0.05, 0.1) is 6.42 Å². The lowest BCUT2D eigenvalue weighted by molar-refractivity contribution is -0.148. The number of carbonyl (C=O) groups is 1. The lowest BCUT2D eigenvalue weighted by atomic mass is 10.2. The Kier molecular flexibility index (Phi) is 7.36. The van der Waals surface area contributed by atoms with E-state index < -0.39 is 0 Å². The summed E-state index contributed by atoms with van der Waals surface area (Å²) in [6, 6.07) is 0. The molecule has 0 spiro atoms. The highest BCUT2D eigenvalue weighted by atomic mass is 16.5. The largest absolute Gasteiger partial charge is 0.462 e. The van der Waals surface area contributed by atoms with E-state index in [0.717, 1.165) is 19.3 Å². The maximum absolute atomic E-state index is 11.2. The Morgan fingerprint density at radius 3 is 2.31 bits per heavy atom. The van der Waals surface area contributed by atoms with Gasteiger partial charge >= 0.3 is 5.97 Å². The minimum absolute atomic E-state index is 0.0996. The molecule has 0 heterocycles. The summed E-state index contributed by atoms with van der Waals surface area (Å²) in [4.78, 5) is 11.2. The summed E-state index contributed by atoms with van der Waals surface area (Å²) in [6.45, 7) is 6.11. The molecule has 0 aromatic heterocycles. The third-order valence-corrected chi connectivity index (χ3v) is 1.90. The summed E-state index contributed by atoms with van der Waals surface area (Å²) >= 11 is 0. The second-order valence-electron chi connectivity index (χ2n) is 3.01. The van der Waals surface area contributed by atoms with E-state index in [2.05, 4.69) is 0 Å². The number of carbonyl (C=O) groups excluding carboxylic acids is 1. The Labute approximate surface area is 81.0 Å². The van der Waals surface area contributed by atoms with Crippen molar-refractivity contribution in [2.24, 2.45) is 0 Å². The first kappa shape index (κ1) is 12.2. The summed E-state index contributed by atoms with van der Waals surface area (Å²) in [7, 11) is 0. The summed E-state index contributed by atoms with van der Waals surface area (Å²) in [5.74, 6) is -0.113. The van der Waals surface area contributed by atoms with Gasteiger partial charge in [0.15, 0.2) is 0 Å². The van der Waals surface area contributed by atoms with Gasteiger partial charge in [-0.25, -0.2) is 0 Å². The Balaban J connectivity index is 3.66. The Bertz CT molecular complexity index is 157. The molecule has 0 atom stereocenters. The fourth-order valence-corrected chi connectivity index (χ4v) is 1.04. The molecule has 0 unspecified atom stereocenters. The van der Waals surface area contributed by atoms with Crippen molar-refractivity contribution >= 4 is 5.97 Å². The molecule has 2 nitrogen and oxygen atoms in total. The van der Waals surface area contributed by atoms with Gasteiger partial charge in [-0.2, -0.15) is 0 Å². The van der Waals surface area contributed by atoms with Crippen molar-refractivity contribution in [3.05, 3.63) is 12.2 Å². The van der Waals surface area contributed by atoms with E-state index in [1.54, 1.807) is 0 Å². The van der Waals surface area contributed by atoms with Crippen LogP contribution in [0.3, 0.4) is 0 Å². The van der Waals surface area contributed by atoms with E-state index in [1.165, 1.54) is 0 Å². The highest BCUT2D eigenvalue weighted by Crippen LogP contribution is 2.04. The molecule has 0 bridgehead atoms. The molecular formula is C11H20O2. The summed E-state index contributed by atoms with van der Waals surface area (Å²) < 4.78 is 5.21. The van der Waals surface area contributed by atoms with E-state index in [9.17, 15) is 4.79 Å². The molecular weight excluding hydrogens is 164 g/mol. The van der Waals surface area contributed by atoms with Crippen molar-refractivity contribution in [3.8, 4) is 0 Å². The smallest absolute Gasteiger partial charge is 0.309 e. The van der Waals surface area contributed by atoms with Gasteiger partial charge < -0.3 is 4.74 Å². The molecule has 0 radical (unpaired) electrons. The maximum atomic E-state index is 11.2. The summed E-state index contributed by atoms with van der Waals surface area (Å²) in [5.41, 5.74) is 0. The van der Waals surface area contributed by atoms with E-state index in [1.807, 2.05) is 32.9 Å². The number of allylic oxidation sites excluding steroid dienone is 1. The van der Waals surface area contributed by atoms with Crippen molar-refractivity contribution in [3.63, 3.8) is 0 Å². The van der Waals surface area contributed by atoms with E-state index in [4.69, 9.17) is 4.74 Å². The third-order valence-electron chi connectivity index (χ3n) is 1.90. The summed E-state index contributed by atoms with van der Waals surface area (Å²) in [6.07, 6.45) is 7.13. The molecule has 76 valence electrons. The highest BCUT2D eigenvalue weighted by Gasteiger charge is 2.08. The number of rotatable bonds is 6. The zero-order valence-electron chi connectivity index (χ0n) is 8.88. The molecule has 0 aliphatic rings. The van der Waals surface area contributed by atoms with Crippen LogP contribution in [0.2, 0.25) is 0 Å². The second-order valence-corrected chi connectivity index (χ2v) is 3.01. The van der Waals surface area contributed by atoms with Crippen LogP contribution in [-0.4, -0.2) is 12.1 Å². The van der Waals surface area contributed by atoms with E-state index in [-0.39, 0.29) is 12.1 Å². The zero-order chi connectivity index (χ0) is 10.1. The Morgan fingerprint density at radius 2 is 1.85 bits per heavy atom. The van der Waals surface area contributed by atoms with Crippen molar-refractivity contribution in [2.75, 3.05) is 0 Å². The van der Waals surface area contributed by atoms with Gasteiger partial charge in [-0.1, -0.05) is 32.9 Å². The van der Waals surface area contributed by atoms with Crippen molar-refractivity contribution < 1.29 is 9.53 Å². The number of hydrogen-bond donors (Lipinski definition) is 0. The van der Waals surface area contributed by atoms with Crippen LogP contribution in [0.25, 0.3) is 0 Å². The van der Waals surface area contributed by atoms with Crippen LogP contribution in [0.15, 0.2) is 12.2 Å². The van der Waals surface area contributed by atoms with Gasteiger partial charge in [0, 0.05) is 0 Å². The third kappa shape index (κ3) is 6.38. The first-order valence-electron chi connectivity index (χ1n) is 5.09. The van der Waals surface area contributed by atoms with Crippen LogP contribution in [0, 0.1) is 0 Å². The predicted octanol–water partition coefficient (Wildman–Crippen LogP) is 3.07. The van der Waals surface area contributed by atoms with Crippen molar-refractivity contribution in [1.82, 2.24) is 0 Å². The molecule has 0 N–H and O–H groups in total. The van der Waals surface area contributed by atoms with Gasteiger partial charge in [0.1, 0.15) is 6.10 Å². The van der Waals surface area contributed by atoms with Gasteiger partial charge in [-0.05, 0) is 19.3 Å². The molecule has 0 rings (SSSR count). The monoisotopic (exact) mass is 184 g/mol. The molecule has 0 aliphatic heterocycles. The minimum Gasteiger partial charge on any atom is -0.462 e. The molecule has 2 heteroatoms. The van der Waals surface area contributed by atoms with Crippen LogP contribution in [0.5, 0.6) is 0 Å². The normalized spacial score (nSPS) is 11.1. The van der Waals surface area contributed by atoms with Gasteiger partial charge in [-0.15, -0.1) is 0 Å². The van der Waals surface area contributed by atoms with Gasteiger partial charge in [0.25, 0.3) is 0 Å². The molecule has 0 saturated carbocycles. The standard InChI is InChI=1S/C11H20O2/c1-4-7-8-9-11(12)13-10(5-2)6-3/h7-8,10H,4-6,9H2,1-3H3/b8-7+. The average Bonchev–Trinajstić information content (AvgIpc) is 2.14. The molecule has 0 aromatic carbocycles. The maximum Gasteiger partial charge on any atom is 0.309 e. The lowest BCUT2D eigenvalue weighted by Gasteiger charge is -2.12. The second kappa shape index (κ2) is 7.84. The quantitative estimate of drug-likeness (QED) is 0.468. The Morgan fingerprint density at radius 1 is 1.23 bits per heavy atom. The molecule has 0 aliphatic carbocycles. The van der Waals surface area contributed by atoms with Crippen molar-refractivity contribution in [1.29, 1.82) is 0 Å². The minimum atomic E-state index is -0.113. The molecule has 13 heavy (non-hydrogen) atoms. The number of esters is 1. The molecule has 0 aromatic rings. The van der Waals surface area contributed by atoms with Crippen LogP contribution in [-0.2, 0) is 9.53 Å². The first-order chi connectivity index (χ1) is 6.24. The fourth-order valence-electron chi connectivity index (χ4n) is 1.04. The number of hydrogen-bond acceptors (Lipinski definition) is 2. The number of ether oxygens (including phenoxy) is 1. The van der Waals surface area contributed by atoms with E-state index in [0.29, 0.717) is 6.42 Å². The van der Waals surface area contributed by atoms with Crippen LogP contribution >= 0.6 is 0 Å². The molecule has 0 saturated heterocycles. The van der Waals surface area contributed by atoms with Crippen LogP contribution < -0.4 is 0 Å². The predicted molar refractivity (Wildman–Crippen MR) is 54.5 cm³/mol. The molecule has 0 fully saturated rings. The Hall–Kier alpha value is -0.790. The van der Waals surface area contributed by atoms with Crippen LogP contribution in [0.1, 0.15) is 46.5 Å². The molecule has 0 amide bonds. The highest BCUT2D eigenvalue weighted by molar-refractivity contribution is 5.71. The zero-order valence-corrected chi connectivity index (χ0v) is 8.88.